The molecule has 0 saturated heterocycles. The Bertz CT molecular complexity index is 587. The first-order chi connectivity index (χ1) is 8.88. The maximum absolute atomic E-state index is 12.4. The van der Waals surface area contributed by atoms with Crippen molar-refractivity contribution in [2.24, 2.45) is 7.05 Å². The second-order valence-electron chi connectivity index (χ2n) is 3.87. The van der Waals surface area contributed by atoms with Crippen molar-refractivity contribution in [2.45, 2.75) is 6.18 Å². The van der Waals surface area contributed by atoms with Gasteiger partial charge in [0, 0.05) is 18.7 Å². The summed E-state index contributed by atoms with van der Waals surface area (Å²) >= 11 is 0. The van der Waals surface area contributed by atoms with Crippen LogP contribution in [-0.2, 0) is 13.2 Å². The van der Waals surface area contributed by atoms with Crippen LogP contribution < -0.4 is 5.32 Å². The Morgan fingerprint density at radius 3 is 2.32 bits per heavy atom. The van der Waals surface area contributed by atoms with E-state index in [1.165, 1.54) is 10.9 Å². The standard InChI is InChI=1S/C12H10F3N3O/c1-18-10(6-7-16-18)17-11(19)8-2-4-9(5-3-8)12(13,14)15/h2-7H,1H3,(H,17,19). The van der Waals surface area contributed by atoms with E-state index in [0.717, 1.165) is 24.3 Å². The van der Waals surface area contributed by atoms with Crippen molar-refractivity contribution in [2.75, 3.05) is 5.32 Å². The van der Waals surface area contributed by atoms with Gasteiger partial charge in [-0.3, -0.25) is 9.48 Å². The molecule has 0 aliphatic carbocycles. The molecule has 7 heteroatoms. The number of aromatic nitrogens is 2. The van der Waals surface area contributed by atoms with E-state index in [2.05, 4.69) is 10.4 Å². The lowest BCUT2D eigenvalue weighted by Gasteiger charge is -2.08. The maximum atomic E-state index is 12.4. The van der Waals surface area contributed by atoms with E-state index in [-0.39, 0.29) is 5.56 Å². The number of halogens is 3. The number of hydrogen-bond acceptors (Lipinski definition) is 2. The number of amides is 1. The molecule has 1 aromatic heterocycles. The van der Waals surface area contributed by atoms with Crippen LogP contribution in [0.1, 0.15) is 15.9 Å². The molecule has 0 radical (unpaired) electrons. The molecule has 19 heavy (non-hydrogen) atoms. The van der Waals surface area contributed by atoms with Crippen molar-refractivity contribution < 1.29 is 18.0 Å². The summed E-state index contributed by atoms with van der Waals surface area (Å²) < 4.78 is 38.5. The highest BCUT2D eigenvalue weighted by molar-refractivity contribution is 6.03. The highest BCUT2D eigenvalue weighted by Crippen LogP contribution is 2.29. The summed E-state index contributed by atoms with van der Waals surface area (Å²) in [6.45, 7) is 0. The average molecular weight is 269 g/mol. The Hall–Kier alpha value is -2.31. The van der Waals surface area contributed by atoms with Crippen LogP contribution in [0.15, 0.2) is 36.5 Å². The van der Waals surface area contributed by atoms with E-state index >= 15 is 0 Å². The topological polar surface area (TPSA) is 46.9 Å². The number of rotatable bonds is 2. The number of carbonyl (C=O) groups excluding carboxylic acids is 1. The van der Waals surface area contributed by atoms with Gasteiger partial charge in [-0.25, -0.2) is 0 Å². The Balaban J connectivity index is 2.14. The molecule has 0 fully saturated rings. The summed E-state index contributed by atoms with van der Waals surface area (Å²) in [6, 6.07) is 5.60. The van der Waals surface area contributed by atoms with Gasteiger partial charge in [0.15, 0.2) is 0 Å². The van der Waals surface area contributed by atoms with Crippen molar-refractivity contribution in [3.63, 3.8) is 0 Å². The summed E-state index contributed by atoms with van der Waals surface area (Å²) in [6.07, 6.45) is -2.90. The summed E-state index contributed by atoms with van der Waals surface area (Å²) in [5.41, 5.74) is -0.640. The Morgan fingerprint density at radius 1 is 1.21 bits per heavy atom. The second kappa shape index (κ2) is 4.75. The van der Waals surface area contributed by atoms with Crippen molar-refractivity contribution >= 4 is 11.7 Å². The number of nitrogens with one attached hydrogen (secondary N) is 1. The molecular weight excluding hydrogens is 259 g/mol. The molecule has 1 amide bonds. The van der Waals surface area contributed by atoms with Gasteiger partial charge in [0.2, 0.25) is 0 Å². The van der Waals surface area contributed by atoms with Gasteiger partial charge in [-0.05, 0) is 24.3 Å². The fourth-order valence-electron chi connectivity index (χ4n) is 1.50. The van der Waals surface area contributed by atoms with Gasteiger partial charge in [-0.15, -0.1) is 0 Å². The maximum Gasteiger partial charge on any atom is 0.416 e. The zero-order chi connectivity index (χ0) is 14.0. The lowest BCUT2D eigenvalue weighted by atomic mass is 10.1. The third-order valence-electron chi connectivity index (χ3n) is 2.54. The quantitative estimate of drug-likeness (QED) is 0.911. The average Bonchev–Trinajstić information content (AvgIpc) is 2.74. The number of benzene rings is 1. The van der Waals surface area contributed by atoms with Gasteiger partial charge in [-0.2, -0.15) is 18.3 Å². The molecular formula is C12H10F3N3O. The fraction of sp³-hybridized carbons (Fsp3) is 0.167. The Morgan fingerprint density at radius 2 is 1.84 bits per heavy atom. The van der Waals surface area contributed by atoms with Gasteiger partial charge >= 0.3 is 6.18 Å². The minimum atomic E-state index is -4.41. The zero-order valence-corrected chi connectivity index (χ0v) is 9.90. The van der Waals surface area contributed by atoms with E-state index in [1.54, 1.807) is 13.1 Å². The monoisotopic (exact) mass is 269 g/mol. The Kier molecular flexibility index (Phi) is 3.28. The van der Waals surface area contributed by atoms with Crippen LogP contribution >= 0.6 is 0 Å². The largest absolute Gasteiger partial charge is 0.416 e. The number of aryl methyl sites for hydroxylation is 1. The molecule has 0 bridgehead atoms. The first-order valence-electron chi connectivity index (χ1n) is 5.34. The van der Waals surface area contributed by atoms with Crippen LogP contribution in [0.2, 0.25) is 0 Å². The number of alkyl halides is 3. The molecule has 2 aromatic rings. The first kappa shape index (κ1) is 13.1. The summed E-state index contributed by atoms with van der Waals surface area (Å²) in [7, 11) is 1.64. The predicted octanol–water partition coefficient (Wildman–Crippen LogP) is 2.69. The third-order valence-corrected chi connectivity index (χ3v) is 2.54. The van der Waals surface area contributed by atoms with Crippen LogP contribution in [0.5, 0.6) is 0 Å². The summed E-state index contributed by atoms with van der Waals surface area (Å²) in [4.78, 5) is 11.8. The first-order valence-corrected chi connectivity index (χ1v) is 5.34. The molecule has 0 aliphatic heterocycles. The van der Waals surface area contributed by atoms with Crippen LogP contribution in [-0.4, -0.2) is 15.7 Å². The summed E-state index contributed by atoms with van der Waals surface area (Å²) in [5, 5.41) is 6.41. The van der Waals surface area contributed by atoms with Crippen molar-refractivity contribution in [3.05, 3.63) is 47.7 Å². The zero-order valence-electron chi connectivity index (χ0n) is 9.90. The fourth-order valence-corrected chi connectivity index (χ4v) is 1.50. The molecule has 4 nitrogen and oxygen atoms in total. The van der Waals surface area contributed by atoms with Crippen LogP contribution in [0.25, 0.3) is 0 Å². The third kappa shape index (κ3) is 2.93. The second-order valence-corrected chi connectivity index (χ2v) is 3.87. The van der Waals surface area contributed by atoms with E-state index in [9.17, 15) is 18.0 Å². The summed E-state index contributed by atoms with van der Waals surface area (Å²) in [5.74, 6) is -0.0257. The number of hydrogen-bond donors (Lipinski definition) is 1. The molecule has 0 spiro atoms. The minimum Gasteiger partial charge on any atom is -0.307 e. The normalized spacial score (nSPS) is 11.4. The lowest BCUT2D eigenvalue weighted by Crippen LogP contribution is -2.15. The Labute approximate surface area is 106 Å². The molecule has 1 N–H and O–H groups in total. The van der Waals surface area contributed by atoms with E-state index in [0.29, 0.717) is 5.82 Å². The SMILES string of the molecule is Cn1nccc1NC(=O)c1ccc(C(F)(F)F)cc1. The molecule has 1 aromatic carbocycles. The van der Waals surface area contributed by atoms with Gasteiger partial charge in [0.25, 0.3) is 5.91 Å². The van der Waals surface area contributed by atoms with Gasteiger partial charge in [0.05, 0.1) is 11.8 Å². The smallest absolute Gasteiger partial charge is 0.307 e. The molecule has 2 rings (SSSR count). The predicted molar refractivity (Wildman–Crippen MR) is 62.6 cm³/mol. The van der Waals surface area contributed by atoms with Crippen LogP contribution in [0.3, 0.4) is 0 Å². The van der Waals surface area contributed by atoms with Gasteiger partial charge in [-0.1, -0.05) is 0 Å². The number of anilines is 1. The molecule has 0 aliphatic rings. The number of carbonyl (C=O) groups is 1. The van der Waals surface area contributed by atoms with Crippen LogP contribution in [0.4, 0.5) is 19.0 Å². The van der Waals surface area contributed by atoms with Crippen molar-refractivity contribution in [3.8, 4) is 0 Å². The lowest BCUT2D eigenvalue weighted by molar-refractivity contribution is -0.137. The van der Waals surface area contributed by atoms with Crippen molar-refractivity contribution in [1.29, 1.82) is 0 Å². The highest BCUT2D eigenvalue weighted by atomic mass is 19.4. The number of nitrogens with zero attached hydrogens (tertiary/aromatic N) is 2. The minimum absolute atomic E-state index is 0.147. The van der Waals surface area contributed by atoms with E-state index < -0.39 is 17.6 Å². The molecule has 0 unspecified atom stereocenters. The van der Waals surface area contributed by atoms with E-state index in [1.807, 2.05) is 0 Å². The van der Waals surface area contributed by atoms with E-state index in [4.69, 9.17) is 0 Å². The van der Waals surface area contributed by atoms with Crippen LogP contribution in [0, 0.1) is 0 Å². The van der Waals surface area contributed by atoms with Gasteiger partial charge in [0.1, 0.15) is 5.82 Å². The molecule has 0 atom stereocenters. The molecule has 1 heterocycles. The molecule has 100 valence electrons. The van der Waals surface area contributed by atoms with Crippen molar-refractivity contribution in [1.82, 2.24) is 9.78 Å². The van der Waals surface area contributed by atoms with Gasteiger partial charge < -0.3 is 5.32 Å². The molecule has 0 saturated carbocycles. The highest BCUT2D eigenvalue weighted by Gasteiger charge is 2.30.